The molecule has 0 aromatic heterocycles. The molecule has 0 amide bonds. The van der Waals surface area contributed by atoms with Crippen molar-refractivity contribution in [2.75, 3.05) is 0 Å². The second-order valence-electron chi connectivity index (χ2n) is 6.79. The lowest BCUT2D eigenvalue weighted by Crippen LogP contribution is -2.57. The molecule has 2 nitrogen and oxygen atoms in total. The quantitative estimate of drug-likeness (QED) is 0.690. The first-order chi connectivity index (χ1) is 7.77. The summed E-state index contributed by atoms with van der Waals surface area (Å²) < 4.78 is 0. The SMILES string of the molecule is C=C(C)[C@@H]1CC[C@@]2(C)C(O)CC[C@@](C)(O)[C@@H]2C1. The molecule has 0 bridgehead atoms. The maximum absolute atomic E-state index is 10.6. The molecule has 0 spiro atoms. The molecule has 0 aromatic carbocycles. The van der Waals surface area contributed by atoms with E-state index in [9.17, 15) is 10.2 Å². The standard InChI is InChI=1S/C15H26O2/c1-10(2)11-5-7-14(3)12(9-11)15(4,17)8-6-13(14)16/h11-13,16-17H,1,5-9H2,2-4H3/t11-,12-,13?,14-,15-/m1/s1. The first kappa shape index (κ1) is 13.1. The topological polar surface area (TPSA) is 40.5 Å². The fourth-order valence-corrected chi connectivity index (χ4v) is 4.07. The molecule has 2 aliphatic rings. The number of aliphatic hydroxyl groups is 2. The molecule has 2 rings (SSSR count). The normalized spacial score (nSPS) is 50.8. The summed E-state index contributed by atoms with van der Waals surface area (Å²) in [4.78, 5) is 0. The van der Waals surface area contributed by atoms with Crippen LogP contribution in [0.5, 0.6) is 0 Å². The van der Waals surface area contributed by atoms with E-state index in [2.05, 4.69) is 20.4 Å². The molecule has 5 atom stereocenters. The number of hydrogen-bond donors (Lipinski definition) is 2. The number of fused-ring (bicyclic) bond motifs is 1. The van der Waals surface area contributed by atoms with Crippen molar-refractivity contribution in [1.29, 1.82) is 0 Å². The lowest BCUT2D eigenvalue weighted by atomic mass is 9.52. The van der Waals surface area contributed by atoms with Crippen molar-refractivity contribution in [3.8, 4) is 0 Å². The van der Waals surface area contributed by atoms with Crippen LogP contribution in [-0.2, 0) is 0 Å². The van der Waals surface area contributed by atoms with E-state index in [1.807, 2.05) is 6.92 Å². The average Bonchev–Trinajstić information content (AvgIpc) is 2.24. The zero-order valence-electron chi connectivity index (χ0n) is 11.4. The Labute approximate surface area is 105 Å². The van der Waals surface area contributed by atoms with Crippen molar-refractivity contribution in [2.24, 2.45) is 17.3 Å². The maximum Gasteiger partial charge on any atom is 0.0655 e. The third-order valence-corrected chi connectivity index (χ3v) is 5.48. The summed E-state index contributed by atoms with van der Waals surface area (Å²) in [7, 11) is 0. The van der Waals surface area contributed by atoms with Gasteiger partial charge in [-0.2, -0.15) is 0 Å². The summed E-state index contributed by atoms with van der Waals surface area (Å²) in [5.74, 6) is 0.721. The van der Waals surface area contributed by atoms with Crippen molar-refractivity contribution in [3.05, 3.63) is 12.2 Å². The molecule has 2 fully saturated rings. The van der Waals surface area contributed by atoms with E-state index < -0.39 is 5.60 Å². The molecule has 17 heavy (non-hydrogen) atoms. The van der Waals surface area contributed by atoms with E-state index >= 15 is 0 Å². The van der Waals surface area contributed by atoms with Crippen LogP contribution >= 0.6 is 0 Å². The van der Waals surface area contributed by atoms with Crippen LogP contribution in [0.3, 0.4) is 0 Å². The van der Waals surface area contributed by atoms with Gasteiger partial charge in [0.05, 0.1) is 11.7 Å². The van der Waals surface area contributed by atoms with Crippen molar-refractivity contribution in [1.82, 2.24) is 0 Å². The Morgan fingerprint density at radius 3 is 2.47 bits per heavy atom. The van der Waals surface area contributed by atoms with Gasteiger partial charge in [-0.15, -0.1) is 0 Å². The Kier molecular flexibility index (Phi) is 3.16. The Balaban J connectivity index is 2.27. The molecule has 98 valence electrons. The molecule has 0 aliphatic heterocycles. The summed E-state index contributed by atoms with van der Waals surface area (Å²) >= 11 is 0. The lowest BCUT2D eigenvalue weighted by Gasteiger charge is -2.56. The monoisotopic (exact) mass is 238 g/mol. The minimum atomic E-state index is -0.623. The highest BCUT2D eigenvalue weighted by Gasteiger charge is 2.54. The fraction of sp³-hybridized carbons (Fsp3) is 0.867. The lowest BCUT2D eigenvalue weighted by molar-refractivity contribution is -0.171. The van der Waals surface area contributed by atoms with Gasteiger partial charge in [0.1, 0.15) is 0 Å². The summed E-state index contributed by atoms with van der Waals surface area (Å²) in [6.07, 6.45) is 4.30. The van der Waals surface area contributed by atoms with Crippen LogP contribution in [0.25, 0.3) is 0 Å². The van der Waals surface area contributed by atoms with Gasteiger partial charge in [-0.05, 0) is 63.2 Å². The van der Waals surface area contributed by atoms with Gasteiger partial charge >= 0.3 is 0 Å². The average molecular weight is 238 g/mol. The second-order valence-corrected chi connectivity index (χ2v) is 6.79. The van der Waals surface area contributed by atoms with Crippen LogP contribution in [0.2, 0.25) is 0 Å². The summed E-state index contributed by atoms with van der Waals surface area (Å²) in [6, 6.07) is 0. The van der Waals surface area contributed by atoms with Crippen molar-refractivity contribution in [2.45, 2.75) is 64.6 Å². The van der Waals surface area contributed by atoms with Gasteiger partial charge in [0.15, 0.2) is 0 Å². The van der Waals surface area contributed by atoms with Gasteiger partial charge < -0.3 is 10.2 Å². The maximum atomic E-state index is 10.6. The highest BCUT2D eigenvalue weighted by Crippen LogP contribution is 2.56. The van der Waals surface area contributed by atoms with Crippen LogP contribution in [-0.4, -0.2) is 21.9 Å². The second kappa shape index (κ2) is 4.10. The highest BCUT2D eigenvalue weighted by atomic mass is 16.3. The van der Waals surface area contributed by atoms with Crippen molar-refractivity contribution >= 4 is 0 Å². The van der Waals surface area contributed by atoms with Crippen LogP contribution in [0.4, 0.5) is 0 Å². The molecular weight excluding hydrogens is 212 g/mol. The van der Waals surface area contributed by atoms with Crippen LogP contribution < -0.4 is 0 Å². The minimum Gasteiger partial charge on any atom is -0.393 e. The van der Waals surface area contributed by atoms with Gasteiger partial charge in [-0.25, -0.2) is 0 Å². The number of allylic oxidation sites excluding steroid dienone is 1. The zero-order valence-corrected chi connectivity index (χ0v) is 11.4. The Hall–Kier alpha value is -0.340. The third kappa shape index (κ3) is 2.06. The predicted molar refractivity (Wildman–Crippen MR) is 69.6 cm³/mol. The van der Waals surface area contributed by atoms with E-state index in [0.29, 0.717) is 5.92 Å². The third-order valence-electron chi connectivity index (χ3n) is 5.48. The van der Waals surface area contributed by atoms with E-state index in [0.717, 1.165) is 32.1 Å². The van der Waals surface area contributed by atoms with Crippen molar-refractivity contribution in [3.63, 3.8) is 0 Å². The predicted octanol–water partition coefficient (Wildman–Crippen LogP) is 2.89. The Morgan fingerprint density at radius 1 is 1.24 bits per heavy atom. The molecule has 0 radical (unpaired) electrons. The van der Waals surface area contributed by atoms with Crippen LogP contribution in [0.1, 0.15) is 52.9 Å². The Bertz CT molecular complexity index is 321. The van der Waals surface area contributed by atoms with Gasteiger partial charge in [0.25, 0.3) is 0 Å². The summed E-state index contributed by atoms with van der Waals surface area (Å²) in [6.45, 7) is 10.3. The molecule has 0 aromatic rings. The first-order valence-corrected chi connectivity index (χ1v) is 6.83. The van der Waals surface area contributed by atoms with Gasteiger partial charge in [0, 0.05) is 0 Å². The van der Waals surface area contributed by atoms with E-state index in [4.69, 9.17) is 0 Å². The Morgan fingerprint density at radius 2 is 1.88 bits per heavy atom. The van der Waals surface area contributed by atoms with Crippen LogP contribution in [0, 0.1) is 17.3 Å². The number of rotatable bonds is 1. The molecular formula is C15H26O2. The van der Waals surface area contributed by atoms with E-state index in [-0.39, 0.29) is 17.4 Å². The van der Waals surface area contributed by atoms with Crippen LogP contribution in [0.15, 0.2) is 12.2 Å². The first-order valence-electron chi connectivity index (χ1n) is 6.83. The molecule has 2 heteroatoms. The molecule has 2 aliphatic carbocycles. The summed E-state index contributed by atoms with van der Waals surface area (Å²) in [5.41, 5.74) is 0.499. The van der Waals surface area contributed by atoms with E-state index in [1.54, 1.807) is 0 Å². The molecule has 2 N–H and O–H groups in total. The largest absolute Gasteiger partial charge is 0.393 e. The highest BCUT2D eigenvalue weighted by molar-refractivity contribution is 5.09. The molecule has 1 unspecified atom stereocenters. The number of aliphatic hydroxyl groups excluding tert-OH is 1. The van der Waals surface area contributed by atoms with Gasteiger partial charge in [-0.1, -0.05) is 19.1 Å². The van der Waals surface area contributed by atoms with Crippen molar-refractivity contribution < 1.29 is 10.2 Å². The van der Waals surface area contributed by atoms with E-state index in [1.165, 1.54) is 5.57 Å². The minimum absolute atomic E-state index is 0.103. The zero-order chi connectivity index (χ0) is 12.8. The smallest absolute Gasteiger partial charge is 0.0655 e. The van der Waals surface area contributed by atoms with Gasteiger partial charge in [0.2, 0.25) is 0 Å². The van der Waals surface area contributed by atoms with Gasteiger partial charge in [-0.3, -0.25) is 0 Å². The number of hydrogen-bond acceptors (Lipinski definition) is 2. The molecule has 0 heterocycles. The molecule has 2 saturated carbocycles. The fourth-order valence-electron chi connectivity index (χ4n) is 4.07. The summed E-state index contributed by atoms with van der Waals surface area (Å²) in [5, 5.41) is 20.9. The molecule has 0 saturated heterocycles.